The van der Waals surface area contributed by atoms with Crippen molar-refractivity contribution in [3.8, 4) is 0 Å². The van der Waals surface area contributed by atoms with Crippen LogP contribution < -0.4 is 5.90 Å². The molecule has 1 aromatic heterocycles. The second-order valence-electron chi connectivity index (χ2n) is 6.23. The summed E-state index contributed by atoms with van der Waals surface area (Å²) in [6.45, 7) is 1.94. The predicted molar refractivity (Wildman–Crippen MR) is 86.9 cm³/mol. The highest BCUT2D eigenvalue weighted by atomic mass is 19.2. The molecule has 1 aromatic carbocycles. The molecule has 2 N–H and O–H groups in total. The van der Waals surface area contributed by atoms with Crippen LogP contribution in [0.4, 0.5) is 8.78 Å². The van der Waals surface area contributed by atoms with Crippen molar-refractivity contribution >= 4 is 0 Å². The van der Waals surface area contributed by atoms with Gasteiger partial charge < -0.3 is 0 Å². The van der Waals surface area contributed by atoms with Crippen molar-refractivity contribution in [3.05, 3.63) is 65.5 Å². The Bertz CT molecular complexity index is 669. The lowest BCUT2D eigenvalue weighted by Gasteiger charge is -2.25. The van der Waals surface area contributed by atoms with Gasteiger partial charge in [0.25, 0.3) is 0 Å². The van der Waals surface area contributed by atoms with Crippen LogP contribution in [0, 0.1) is 11.6 Å². The van der Waals surface area contributed by atoms with Gasteiger partial charge >= 0.3 is 0 Å². The summed E-state index contributed by atoms with van der Waals surface area (Å²) < 4.78 is 27.8. The number of pyridine rings is 1. The average Bonchev–Trinajstić information content (AvgIpc) is 2.80. The molecule has 0 radical (unpaired) electrons. The first-order chi connectivity index (χ1) is 11.7. The third-order valence-corrected chi connectivity index (χ3v) is 4.52. The van der Waals surface area contributed by atoms with E-state index < -0.39 is 11.6 Å². The molecular weight excluding hydrogens is 312 g/mol. The van der Waals surface area contributed by atoms with Crippen molar-refractivity contribution in [1.82, 2.24) is 9.88 Å². The standard InChI is InChI=1S/C18H21F2N3O/c19-17-5-1-4-16(18(17)20)14-6-7-15(24-21)12-23(11-14)10-13-3-2-8-22-9-13/h1-5,8-9,14-15H,6-7,10-12,21H2/t14-,15-/m1/s1. The number of rotatable bonds is 4. The van der Waals surface area contributed by atoms with Gasteiger partial charge in [-0.2, -0.15) is 0 Å². The van der Waals surface area contributed by atoms with E-state index in [-0.39, 0.29) is 12.0 Å². The minimum absolute atomic E-state index is 0.0995. The molecular formula is C18H21F2N3O. The lowest BCUT2D eigenvalue weighted by atomic mass is 9.93. The summed E-state index contributed by atoms with van der Waals surface area (Å²) in [5.74, 6) is 3.74. The van der Waals surface area contributed by atoms with Crippen LogP contribution in [0.2, 0.25) is 0 Å². The van der Waals surface area contributed by atoms with E-state index in [0.29, 0.717) is 38.0 Å². The summed E-state index contributed by atoms with van der Waals surface area (Å²) in [5, 5.41) is 0. The lowest BCUT2D eigenvalue weighted by molar-refractivity contribution is 0.0270. The maximum absolute atomic E-state index is 14.2. The van der Waals surface area contributed by atoms with Crippen LogP contribution in [0.1, 0.15) is 29.9 Å². The van der Waals surface area contributed by atoms with E-state index in [1.165, 1.54) is 0 Å². The average molecular weight is 333 g/mol. The molecule has 0 aliphatic carbocycles. The topological polar surface area (TPSA) is 51.4 Å². The summed E-state index contributed by atoms with van der Waals surface area (Å²) in [6, 6.07) is 8.24. The number of hydrogen-bond acceptors (Lipinski definition) is 4. The second kappa shape index (κ2) is 7.79. The number of aromatic nitrogens is 1. The van der Waals surface area contributed by atoms with Gasteiger partial charge in [0.2, 0.25) is 0 Å². The molecule has 3 rings (SSSR count). The van der Waals surface area contributed by atoms with Crippen LogP contribution >= 0.6 is 0 Å². The molecule has 2 aromatic rings. The molecule has 6 heteroatoms. The summed E-state index contributed by atoms with van der Waals surface area (Å²) in [7, 11) is 0. The first-order valence-electron chi connectivity index (χ1n) is 8.08. The van der Waals surface area contributed by atoms with Gasteiger partial charge in [-0.3, -0.25) is 14.7 Å². The normalized spacial score (nSPS) is 22.3. The van der Waals surface area contributed by atoms with E-state index in [4.69, 9.17) is 10.7 Å². The van der Waals surface area contributed by atoms with Crippen LogP contribution in [0.15, 0.2) is 42.7 Å². The molecule has 0 bridgehead atoms. The van der Waals surface area contributed by atoms with E-state index in [0.717, 1.165) is 11.6 Å². The van der Waals surface area contributed by atoms with Gasteiger partial charge in [0.05, 0.1) is 6.10 Å². The molecule has 1 fully saturated rings. The molecule has 0 spiro atoms. The zero-order valence-corrected chi connectivity index (χ0v) is 13.4. The van der Waals surface area contributed by atoms with Gasteiger partial charge in [-0.15, -0.1) is 0 Å². The highest BCUT2D eigenvalue weighted by Crippen LogP contribution is 2.30. The van der Waals surface area contributed by atoms with E-state index in [1.54, 1.807) is 24.5 Å². The minimum atomic E-state index is -0.804. The third-order valence-electron chi connectivity index (χ3n) is 4.52. The number of likely N-dealkylation sites (tertiary alicyclic amines) is 1. The quantitative estimate of drug-likeness (QED) is 0.874. The van der Waals surface area contributed by atoms with Crippen LogP contribution in [0.25, 0.3) is 0 Å². The Morgan fingerprint density at radius 2 is 2.04 bits per heavy atom. The minimum Gasteiger partial charge on any atom is -0.300 e. The Morgan fingerprint density at radius 3 is 2.79 bits per heavy atom. The van der Waals surface area contributed by atoms with Crippen molar-refractivity contribution < 1.29 is 13.6 Å². The molecule has 0 saturated carbocycles. The fraction of sp³-hybridized carbons (Fsp3) is 0.389. The fourth-order valence-corrected chi connectivity index (χ4v) is 3.32. The van der Waals surface area contributed by atoms with Crippen LogP contribution in [0.3, 0.4) is 0 Å². The van der Waals surface area contributed by atoms with E-state index in [9.17, 15) is 8.78 Å². The van der Waals surface area contributed by atoms with Crippen LogP contribution in [-0.2, 0) is 11.4 Å². The first-order valence-corrected chi connectivity index (χ1v) is 8.08. The van der Waals surface area contributed by atoms with Crippen LogP contribution in [-0.4, -0.2) is 29.1 Å². The van der Waals surface area contributed by atoms with Crippen LogP contribution in [0.5, 0.6) is 0 Å². The van der Waals surface area contributed by atoms with Gasteiger partial charge in [0.15, 0.2) is 11.6 Å². The Hall–Kier alpha value is -1.89. The molecule has 1 aliphatic heterocycles. The lowest BCUT2D eigenvalue weighted by Crippen LogP contribution is -2.34. The summed E-state index contributed by atoms with van der Waals surface area (Å²) in [5.41, 5.74) is 1.48. The second-order valence-corrected chi connectivity index (χ2v) is 6.23. The zero-order valence-electron chi connectivity index (χ0n) is 13.4. The highest BCUT2D eigenvalue weighted by molar-refractivity contribution is 5.24. The molecule has 4 nitrogen and oxygen atoms in total. The van der Waals surface area contributed by atoms with Crippen molar-refractivity contribution in [3.63, 3.8) is 0 Å². The number of nitrogens with zero attached hydrogens (tertiary/aromatic N) is 2. The first kappa shape index (κ1) is 17.0. The Morgan fingerprint density at radius 1 is 1.17 bits per heavy atom. The SMILES string of the molecule is NO[C@@H]1CC[C@@H](c2cccc(F)c2F)CN(Cc2cccnc2)C1. The molecule has 2 atom stereocenters. The summed E-state index contributed by atoms with van der Waals surface area (Å²) >= 11 is 0. The van der Waals surface area contributed by atoms with Gasteiger partial charge in [0, 0.05) is 32.0 Å². The Labute approximate surface area is 140 Å². The van der Waals surface area contributed by atoms with Crippen molar-refractivity contribution in [1.29, 1.82) is 0 Å². The van der Waals surface area contributed by atoms with Gasteiger partial charge in [-0.05, 0) is 42.0 Å². The molecule has 1 saturated heterocycles. The molecule has 24 heavy (non-hydrogen) atoms. The number of nitrogens with two attached hydrogens (primary N) is 1. The maximum Gasteiger partial charge on any atom is 0.162 e. The highest BCUT2D eigenvalue weighted by Gasteiger charge is 2.27. The van der Waals surface area contributed by atoms with Crippen molar-refractivity contribution in [2.45, 2.75) is 31.4 Å². The Kier molecular flexibility index (Phi) is 5.50. The molecule has 0 unspecified atom stereocenters. The fourth-order valence-electron chi connectivity index (χ4n) is 3.32. The monoisotopic (exact) mass is 333 g/mol. The summed E-state index contributed by atoms with van der Waals surface area (Å²) in [6.07, 6.45) is 4.82. The zero-order chi connectivity index (χ0) is 16.9. The van der Waals surface area contributed by atoms with Gasteiger partial charge in [0.1, 0.15) is 0 Å². The maximum atomic E-state index is 14.2. The Balaban J connectivity index is 1.81. The van der Waals surface area contributed by atoms with E-state index in [2.05, 4.69) is 9.88 Å². The van der Waals surface area contributed by atoms with Gasteiger partial charge in [-0.1, -0.05) is 18.2 Å². The molecule has 1 aliphatic rings. The smallest absolute Gasteiger partial charge is 0.162 e. The molecule has 2 heterocycles. The summed E-state index contributed by atoms with van der Waals surface area (Å²) in [4.78, 5) is 11.3. The number of hydrogen-bond donors (Lipinski definition) is 1. The molecule has 128 valence electrons. The number of benzene rings is 1. The third kappa shape index (κ3) is 3.95. The predicted octanol–water partition coefficient (Wildman–Crippen LogP) is 3.00. The van der Waals surface area contributed by atoms with E-state index in [1.807, 2.05) is 12.1 Å². The molecule has 0 amide bonds. The van der Waals surface area contributed by atoms with Crippen molar-refractivity contribution in [2.75, 3.05) is 13.1 Å². The van der Waals surface area contributed by atoms with E-state index >= 15 is 0 Å². The largest absolute Gasteiger partial charge is 0.300 e. The number of halogens is 2. The van der Waals surface area contributed by atoms with Gasteiger partial charge in [-0.25, -0.2) is 14.7 Å². The van der Waals surface area contributed by atoms with Crippen molar-refractivity contribution in [2.24, 2.45) is 5.90 Å².